The zero-order valence-corrected chi connectivity index (χ0v) is 17.1. The van der Waals surface area contributed by atoms with Gasteiger partial charge in [-0.25, -0.2) is 0 Å². The molecule has 120 valence electrons. The van der Waals surface area contributed by atoms with Gasteiger partial charge in [0.15, 0.2) is 0 Å². The van der Waals surface area contributed by atoms with E-state index >= 15 is 0 Å². The number of unbranched alkanes of at least 4 members (excludes halogenated alkanes) is 8. The van der Waals surface area contributed by atoms with Crippen LogP contribution in [0.4, 0.5) is 0 Å². The molecule has 0 radical (unpaired) electrons. The number of hydrogen-bond donors (Lipinski definition) is 0. The molecule has 0 atom stereocenters. The Balaban J connectivity index is -0.00000162. The molecule has 21 heavy (non-hydrogen) atoms. The van der Waals surface area contributed by atoms with Gasteiger partial charge >= 0.3 is 51.4 Å². The van der Waals surface area contributed by atoms with Crippen molar-refractivity contribution in [2.45, 2.75) is 71.1 Å². The van der Waals surface area contributed by atoms with Gasteiger partial charge in [-0.1, -0.05) is 58.3 Å². The molecule has 0 aliphatic rings. The number of carboxylic acid groups (broad SMARTS) is 1. The molecular weight excluding hydrogens is 297 g/mol. The normalized spacial score (nSPS) is 9.43. The van der Waals surface area contributed by atoms with E-state index < -0.39 is 5.97 Å². The third kappa shape index (κ3) is 18.5. The van der Waals surface area contributed by atoms with Gasteiger partial charge in [-0.15, -0.1) is 0 Å². The van der Waals surface area contributed by atoms with Crippen LogP contribution in [0.3, 0.4) is 0 Å². The molecule has 0 saturated carbocycles. The van der Waals surface area contributed by atoms with Crippen molar-refractivity contribution >= 4 is 11.9 Å². The number of aliphatic carboxylic acids is 1. The topological polar surface area (TPSA) is 91.9 Å². The maximum absolute atomic E-state index is 11.5. The number of amides is 1. The van der Waals surface area contributed by atoms with E-state index in [9.17, 15) is 14.7 Å². The molecular formula is C15H30KNO4. The number of carbonyl (C=O) groups excluding carboxylic acids is 2. The molecule has 0 aliphatic heterocycles. The van der Waals surface area contributed by atoms with Gasteiger partial charge in [0.2, 0.25) is 5.91 Å². The van der Waals surface area contributed by atoms with E-state index in [4.69, 9.17) is 0 Å². The number of nitrogens with zero attached hydrogens (tertiary/aromatic N) is 1. The minimum absolute atomic E-state index is 0. The summed E-state index contributed by atoms with van der Waals surface area (Å²) in [5.74, 6) is -1.31. The summed E-state index contributed by atoms with van der Waals surface area (Å²) in [6.07, 6.45) is 11.3. The van der Waals surface area contributed by atoms with Crippen LogP contribution in [0.2, 0.25) is 0 Å². The van der Waals surface area contributed by atoms with Gasteiger partial charge in [0.05, 0.1) is 12.5 Å². The van der Waals surface area contributed by atoms with Crippen LogP contribution < -0.4 is 56.5 Å². The number of hydrogen-bond acceptors (Lipinski definition) is 3. The summed E-state index contributed by atoms with van der Waals surface area (Å²) in [4.78, 5) is 23.1. The van der Waals surface area contributed by atoms with Crippen molar-refractivity contribution in [3.63, 3.8) is 0 Å². The van der Waals surface area contributed by atoms with Crippen LogP contribution in [0.5, 0.6) is 0 Å². The van der Waals surface area contributed by atoms with Crippen LogP contribution in [0.1, 0.15) is 71.1 Å². The average Bonchev–Trinajstić information content (AvgIpc) is 2.35. The minimum atomic E-state index is -1.21. The molecule has 0 fully saturated rings. The van der Waals surface area contributed by atoms with Crippen molar-refractivity contribution in [1.29, 1.82) is 0 Å². The van der Waals surface area contributed by atoms with E-state index in [-0.39, 0.29) is 69.3 Å². The maximum Gasteiger partial charge on any atom is 1.00 e. The fourth-order valence-electron chi connectivity index (χ4n) is 2.06. The number of carbonyl (C=O) groups is 2. The Bertz CT molecular complexity index is 262. The Labute approximate surface area is 171 Å². The Morgan fingerprint density at radius 2 is 1.33 bits per heavy atom. The van der Waals surface area contributed by atoms with Gasteiger partial charge < -0.3 is 20.3 Å². The van der Waals surface area contributed by atoms with Crippen molar-refractivity contribution in [2.75, 3.05) is 13.6 Å². The third-order valence-corrected chi connectivity index (χ3v) is 3.29. The second kappa shape index (κ2) is 18.6. The molecule has 2 N–H and O–H groups in total. The molecule has 1 amide bonds. The Kier molecular flexibility index (Phi) is 23.4. The van der Waals surface area contributed by atoms with Gasteiger partial charge in [0.1, 0.15) is 0 Å². The minimum Gasteiger partial charge on any atom is -0.548 e. The standard InChI is InChI=1S/C15H29NO3.K.H2O/c1-3-4-5-6-7-8-9-10-11-12-14(17)16(2)13-15(18)19;;/h3-13H2,1-2H3,(H,18,19);;1H2/q;+1;/p-1. The first-order valence-electron chi connectivity index (χ1n) is 7.51. The fourth-order valence-corrected chi connectivity index (χ4v) is 2.06. The van der Waals surface area contributed by atoms with E-state index in [0.717, 1.165) is 12.8 Å². The van der Waals surface area contributed by atoms with Gasteiger partial charge in [-0.3, -0.25) is 4.79 Å². The largest absolute Gasteiger partial charge is 1.00 e. The van der Waals surface area contributed by atoms with Crippen LogP contribution in [-0.2, 0) is 9.59 Å². The van der Waals surface area contributed by atoms with Gasteiger partial charge in [-0.05, 0) is 6.42 Å². The van der Waals surface area contributed by atoms with Crippen LogP contribution in [0.25, 0.3) is 0 Å². The number of carboxylic acids is 1. The number of likely N-dealkylation sites (N-methyl/N-ethyl adjacent to an activating group) is 1. The molecule has 0 spiro atoms. The zero-order valence-electron chi connectivity index (χ0n) is 14.0. The number of rotatable bonds is 12. The summed E-state index contributed by atoms with van der Waals surface area (Å²) < 4.78 is 0. The van der Waals surface area contributed by atoms with Crippen molar-refractivity contribution in [1.82, 2.24) is 4.90 Å². The molecule has 0 heterocycles. The van der Waals surface area contributed by atoms with Gasteiger partial charge in [-0.2, -0.15) is 0 Å². The zero-order chi connectivity index (χ0) is 14.5. The van der Waals surface area contributed by atoms with Gasteiger partial charge in [0.25, 0.3) is 0 Å². The van der Waals surface area contributed by atoms with Crippen LogP contribution in [-0.4, -0.2) is 35.8 Å². The smallest absolute Gasteiger partial charge is 0.548 e. The fraction of sp³-hybridized carbons (Fsp3) is 0.867. The maximum atomic E-state index is 11.5. The first kappa shape index (κ1) is 26.4. The van der Waals surface area contributed by atoms with Crippen molar-refractivity contribution < 1.29 is 71.6 Å². The quantitative estimate of drug-likeness (QED) is 0.316. The van der Waals surface area contributed by atoms with Crippen molar-refractivity contribution in [3.05, 3.63) is 0 Å². The molecule has 0 aliphatic carbocycles. The first-order chi connectivity index (χ1) is 9.07. The van der Waals surface area contributed by atoms with E-state index in [0.29, 0.717) is 6.42 Å². The average molecular weight is 328 g/mol. The second-order valence-electron chi connectivity index (χ2n) is 5.20. The predicted octanol–water partition coefficient (Wildman–Crippen LogP) is -1.71. The Morgan fingerprint density at radius 3 is 1.76 bits per heavy atom. The summed E-state index contributed by atoms with van der Waals surface area (Å²) in [7, 11) is 1.51. The van der Waals surface area contributed by atoms with Crippen LogP contribution in [0.15, 0.2) is 0 Å². The van der Waals surface area contributed by atoms with E-state index in [1.54, 1.807) is 0 Å². The van der Waals surface area contributed by atoms with Crippen LogP contribution >= 0.6 is 0 Å². The summed E-state index contributed by atoms with van der Waals surface area (Å²) in [6.45, 7) is 1.91. The molecule has 0 unspecified atom stereocenters. The molecule has 0 aromatic carbocycles. The van der Waals surface area contributed by atoms with Crippen molar-refractivity contribution in [3.8, 4) is 0 Å². The van der Waals surface area contributed by atoms with E-state index in [2.05, 4.69) is 6.92 Å². The molecule has 0 bridgehead atoms. The molecule has 6 heteroatoms. The third-order valence-electron chi connectivity index (χ3n) is 3.29. The Morgan fingerprint density at radius 1 is 0.905 bits per heavy atom. The molecule has 5 nitrogen and oxygen atoms in total. The Hall–Kier alpha value is 0.536. The second-order valence-corrected chi connectivity index (χ2v) is 5.20. The molecule has 0 aromatic heterocycles. The van der Waals surface area contributed by atoms with E-state index in [1.807, 2.05) is 0 Å². The SMILES string of the molecule is CCCCCCCCCCCC(=O)N(C)CC(=O)[O-].O.[K+]. The summed E-state index contributed by atoms with van der Waals surface area (Å²) >= 11 is 0. The molecule has 0 aromatic rings. The summed E-state index contributed by atoms with van der Waals surface area (Å²) in [5, 5.41) is 10.3. The predicted molar refractivity (Wildman–Crippen MR) is 78.1 cm³/mol. The molecule has 0 saturated heterocycles. The van der Waals surface area contributed by atoms with E-state index in [1.165, 1.54) is 56.9 Å². The van der Waals surface area contributed by atoms with Gasteiger partial charge in [0, 0.05) is 13.5 Å². The summed E-state index contributed by atoms with van der Waals surface area (Å²) in [5.41, 5.74) is 0. The monoisotopic (exact) mass is 327 g/mol. The molecule has 0 rings (SSSR count). The van der Waals surface area contributed by atoms with Crippen molar-refractivity contribution in [2.24, 2.45) is 0 Å². The summed E-state index contributed by atoms with van der Waals surface area (Å²) in [6, 6.07) is 0. The first-order valence-corrected chi connectivity index (χ1v) is 7.51. The van der Waals surface area contributed by atoms with Crippen LogP contribution in [0, 0.1) is 0 Å².